The quantitative estimate of drug-likeness (QED) is 0.903. The van der Waals surface area contributed by atoms with Gasteiger partial charge in [0.05, 0.1) is 18.5 Å². The first-order chi connectivity index (χ1) is 12.1. The van der Waals surface area contributed by atoms with Gasteiger partial charge in [0.2, 0.25) is 0 Å². The van der Waals surface area contributed by atoms with Crippen LogP contribution < -0.4 is 0 Å². The van der Waals surface area contributed by atoms with E-state index < -0.39 is 36.3 Å². The summed E-state index contributed by atoms with van der Waals surface area (Å²) in [6.45, 7) is 2.22. The molecule has 1 saturated heterocycles. The highest BCUT2D eigenvalue weighted by molar-refractivity contribution is 5.95. The van der Waals surface area contributed by atoms with E-state index in [-0.39, 0.29) is 0 Å². The van der Waals surface area contributed by atoms with Crippen molar-refractivity contribution in [2.24, 2.45) is 0 Å². The summed E-state index contributed by atoms with van der Waals surface area (Å²) in [5.41, 5.74) is 1.82. The number of hydrogen-bond acceptors (Lipinski definition) is 2. The maximum absolute atomic E-state index is 12.9. The molecule has 3 rings (SSSR count). The Morgan fingerprint density at radius 2 is 1.42 bits per heavy atom. The first-order valence-electron chi connectivity index (χ1n) is 8.22. The minimum atomic E-state index is -2.78. The molecule has 0 radical (unpaired) electrons. The lowest BCUT2D eigenvalue weighted by Gasteiger charge is -2.38. The molecule has 0 aromatic heterocycles. The summed E-state index contributed by atoms with van der Waals surface area (Å²) in [6, 6.07) is 13.9. The van der Waals surface area contributed by atoms with Crippen LogP contribution in [0.25, 0.3) is 11.1 Å². The standard InChI is InChI=1S/C20H19F2NO3/c1-19(2,18(25)26)16-9-7-14(8-10-16)13-3-5-15(6-4-13)17(24)23-11-20(21,22)12-23/h3-10H,11-12H2,1-2H3,(H,25,26). The largest absolute Gasteiger partial charge is 0.481 e. The summed E-state index contributed by atoms with van der Waals surface area (Å²) in [4.78, 5) is 24.6. The van der Waals surface area contributed by atoms with Crippen molar-refractivity contribution in [3.05, 3.63) is 59.7 Å². The van der Waals surface area contributed by atoms with Crippen molar-refractivity contribution in [2.45, 2.75) is 25.2 Å². The second kappa shape index (κ2) is 6.20. The van der Waals surface area contributed by atoms with Crippen LogP contribution in [-0.2, 0) is 10.2 Å². The maximum Gasteiger partial charge on any atom is 0.313 e. The van der Waals surface area contributed by atoms with Crippen molar-refractivity contribution in [3.8, 4) is 11.1 Å². The van der Waals surface area contributed by atoms with Crippen LogP contribution in [0.5, 0.6) is 0 Å². The van der Waals surface area contributed by atoms with Crippen molar-refractivity contribution in [1.82, 2.24) is 4.90 Å². The molecule has 136 valence electrons. The Labute approximate surface area is 150 Å². The minimum Gasteiger partial charge on any atom is -0.481 e. The van der Waals surface area contributed by atoms with Crippen LogP contribution >= 0.6 is 0 Å². The number of carbonyl (C=O) groups is 2. The van der Waals surface area contributed by atoms with Gasteiger partial charge in [-0.25, -0.2) is 8.78 Å². The second-order valence-corrected chi connectivity index (χ2v) is 7.10. The first kappa shape index (κ1) is 18.0. The average Bonchev–Trinajstić information content (AvgIpc) is 2.59. The number of benzene rings is 2. The van der Waals surface area contributed by atoms with Crippen LogP contribution in [0.1, 0.15) is 29.8 Å². The molecule has 2 aromatic rings. The number of carboxylic acids is 1. The molecule has 0 aliphatic carbocycles. The summed E-state index contributed by atoms with van der Waals surface area (Å²) in [7, 11) is 0. The number of rotatable bonds is 4. The van der Waals surface area contributed by atoms with Crippen LogP contribution in [0.3, 0.4) is 0 Å². The van der Waals surface area contributed by atoms with Crippen LogP contribution in [0.15, 0.2) is 48.5 Å². The zero-order valence-corrected chi connectivity index (χ0v) is 14.5. The highest BCUT2D eigenvalue weighted by Crippen LogP contribution is 2.29. The maximum atomic E-state index is 12.9. The minimum absolute atomic E-state index is 0.368. The molecule has 0 unspecified atom stereocenters. The number of alkyl halides is 2. The third-order valence-corrected chi connectivity index (χ3v) is 4.74. The van der Waals surface area contributed by atoms with Gasteiger partial charge in [0.25, 0.3) is 11.8 Å². The van der Waals surface area contributed by atoms with Gasteiger partial charge in [0.1, 0.15) is 0 Å². The highest BCUT2D eigenvalue weighted by atomic mass is 19.3. The molecule has 1 aliphatic rings. The molecule has 1 amide bonds. The van der Waals surface area contributed by atoms with Crippen molar-refractivity contribution >= 4 is 11.9 Å². The second-order valence-electron chi connectivity index (χ2n) is 7.10. The van der Waals surface area contributed by atoms with Crippen LogP contribution in [0, 0.1) is 0 Å². The monoisotopic (exact) mass is 359 g/mol. The Bertz CT molecular complexity index is 834. The number of likely N-dealkylation sites (tertiary alicyclic amines) is 1. The number of carboxylic acid groups (broad SMARTS) is 1. The van der Waals surface area contributed by atoms with E-state index in [0.29, 0.717) is 11.1 Å². The van der Waals surface area contributed by atoms with Gasteiger partial charge in [-0.05, 0) is 42.7 Å². The number of amides is 1. The van der Waals surface area contributed by atoms with E-state index in [1.807, 2.05) is 12.1 Å². The lowest BCUT2D eigenvalue weighted by molar-refractivity contribution is -0.142. The van der Waals surface area contributed by atoms with Gasteiger partial charge in [-0.2, -0.15) is 0 Å². The van der Waals surface area contributed by atoms with Gasteiger partial charge in [0, 0.05) is 5.56 Å². The zero-order chi connectivity index (χ0) is 19.1. The molecule has 2 aromatic carbocycles. The summed E-state index contributed by atoms with van der Waals surface area (Å²) in [5, 5.41) is 9.28. The molecule has 6 heteroatoms. The number of halogens is 2. The van der Waals surface area contributed by atoms with Gasteiger partial charge in [0.15, 0.2) is 0 Å². The summed E-state index contributed by atoms with van der Waals surface area (Å²) >= 11 is 0. The third-order valence-electron chi connectivity index (χ3n) is 4.74. The molecule has 1 aliphatic heterocycles. The Morgan fingerprint density at radius 3 is 1.85 bits per heavy atom. The molecule has 1 heterocycles. The van der Waals surface area contributed by atoms with Gasteiger partial charge < -0.3 is 10.0 Å². The molecular formula is C20H19F2NO3. The third kappa shape index (κ3) is 3.31. The van der Waals surface area contributed by atoms with Gasteiger partial charge in [-0.1, -0.05) is 36.4 Å². The van der Waals surface area contributed by atoms with Crippen LogP contribution in [0.4, 0.5) is 8.78 Å². The fraction of sp³-hybridized carbons (Fsp3) is 0.300. The molecule has 0 spiro atoms. The van der Waals surface area contributed by atoms with Crippen molar-refractivity contribution in [2.75, 3.05) is 13.1 Å². The predicted octanol–water partition coefficient (Wildman–Crippen LogP) is 3.81. The van der Waals surface area contributed by atoms with E-state index in [1.165, 1.54) is 0 Å². The molecule has 1 fully saturated rings. The molecule has 4 nitrogen and oxygen atoms in total. The lowest BCUT2D eigenvalue weighted by Crippen LogP contribution is -2.58. The number of nitrogens with zero attached hydrogens (tertiary/aromatic N) is 1. The summed E-state index contributed by atoms with van der Waals surface area (Å²) in [6.07, 6.45) is 0. The number of hydrogen-bond donors (Lipinski definition) is 1. The normalized spacial score (nSPS) is 16.1. The predicted molar refractivity (Wildman–Crippen MR) is 93.4 cm³/mol. The summed E-state index contributed by atoms with van der Waals surface area (Å²) in [5.74, 6) is -4.08. The van der Waals surface area contributed by atoms with Gasteiger partial charge in [-0.15, -0.1) is 0 Å². The smallest absolute Gasteiger partial charge is 0.313 e. The Balaban J connectivity index is 1.75. The fourth-order valence-corrected chi connectivity index (χ4v) is 2.85. The van der Waals surface area contributed by atoms with E-state index >= 15 is 0 Å². The van der Waals surface area contributed by atoms with E-state index in [2.05, 4.69) is 0 Å². The van der Waals surface area contributed by atoms with E-state index in [1.54, 1.807) is 50.2 Å². The van der Waals surface area contributed by atoms with Gasteiger partial charge >= 0.3 is 5.97 Å². The molecule has 26 heavy (non-hydrogen) atoms. The number of aliphatic carboxylic acids is 1. The van der Waals surface area contributed by atoms with Gasteiger partial charge in [-0.3, -0.25) is 9.59 Å². The first-order valence-corrected chi connectivity index (χ1v) is 8.22. The van der Waals surface area contributed by atoms with Crippen molar-refractivity contribution in [3.63, 3.8) is 0 Å². The molecule has 1 N–H and O–H groups in total. The molecule has 0 atom stereocenters. The number of carbonyl (C=O) groups excluding carboxylic acids is 1. The fourth-order valence-electron chi connectivity index (χ4n) is 2.85. The topological polar surface area (TPSA) is 57.6 Å². The van der Waals surface area contributed by atoms with E-state index in [0.717, 1.165) is 16.0 Å². The highest BCUT2D eigenvalue weighted by Gasteiger charge is 2.46. The summed E-state index contributed by atoms with van der Waals surface area (Å²) < 4.78 is 25.8. The molecular weight excluding hydrogens is 340 g/mol. The van der Waals surface area contributed by atoms with Crippen LogP contribution in [-0.4, -0.2) is 40.9 Å². The SMILES string of the molecule is CC(C)(C(=O)O)c1ccc(-c2ccc(C(=O)N3CC(F)(F)C3)cc2)cc1. The Morgan fingerprint density at radius 1 is 0.962 bits per heavy atom. The van der Waals surface area contributed by atoms with Crippen LogP contribution in [0.2, 0.25) is 0 Å². The van der Waals surface area contributed by atoms with E-state index in [4.69, 9.17) is 0 Å². The van der Waals surface area contributed by atoms with Crippen molar-refractivity contribution < 1.29 is 23.5 Å². The average molecular weight is 359 g/mol. The zero-order valence-electron chi connectivity index (χ0n) is 14.5. The molecule has 0 saturated carbocycles. The van der Waals surface area contributed by atoms with Crippen molar-refractivity contribution in [1.29, 1.82) is 0 Å². The lowest BCUT2D eigenvalue weighted by atomic mass is 9.84. The van der Waals surface area contributed by atoms with E-state index in [9.17, 15) is 23.5 Å². The Kier molecular flexibility index (Phi) is 4.30. The Hall–Kier alpha value is -2.76. The molecule has 0 bridgehead atoms.